The molecule has 96 valence electrons. The Morgan fingerprint density at radius 1 is 1.17 bits per heavy atom. The monoisotopic (exact) mass is 242 g/mol. The SMILES string of the molecule is Cc1ccc(C2(N)C=CC=CC2NC(C)C)cc1. The Kier molecular flexibility index (Phi) is 3.69. The number of nitrogens with one attached hydrogen (secondary N) is 1. The van der Waals surface area contributed by atoms with Gasteiger partial charge in [-0.15, -0.1) is 0 Å². The van der Waals surface area contributed by atoms with Gasteiger partial charge in [-0.25, -0.2) is 0 Å². The Morgan fingerprint density at radius 2 is 1.83 bits per heavy atom. The molecule has 1 aromatic rings. The van der Waals surface area contributed by atoms with E-state index in [0.29, 0.717) is 6.04 Å². The van der Waals surface area contributed by atoms with Crippen molar-refractivity contribution < 1.29 is 0 Å². The number of nitrogens with two attached hydrogens (primary N) is 1. The predicted molar refractivity (Wildman–Crippen MR) is 77.4 cm³/mol. The molecule has 0 aromatic heterocycles. The first-order valence-electron chi connectivity index (χ1n) is 6.50. The second-order valence-electron chi connectivity index (χ2n) is 5.34. The third-order valence-electron chi connectivity index (χ3n) is 3.37. The third-order valence-corrected chi connectivity index (χ3v) is 3.37. The summed E-state index contributed by atoms with van der Waals surface area (Å²) in [5.74, 6) is 0. The average Bonchev–Trinajstić information content (AvgIpc) is 2.32. The van der Waals surface area contributed by atoms with E-state index in [1.54, 1.807) is 0 Å². The van der Waals surface area contributed by atoms with Crippen molar-refractivity contribution in [3.05, 3.63) is 59.7 Å². The normalized spacial score (nSPS) is 26.8. The van der Waals surface area contributed by atoms with Gasteiger partial charge in [-0.3, -0.25) is 0 Å². The number of allylic oxidation sites excluding steroid dienone is 2. The van der Waals surface area contributed by atoms with Gasteiger partial charge in [-0.05, 0) is 12.5 Å². The van der Waals surface area contributed by atoms with Gasteiger partial charge >= 0.3 is 0 Å². The Balaban J connectivity index is 2.34. The highest BCUT2D eigenvalue weighted by Crippen LogP contribution is 2.28. The average molecular weight is 242 g/mol. The lowest BCUT2D eigenvalue weighted by Gasteiger charge is -2.37. The molecule has 0 saturated heterocycles. The second-order valence-corrected chi connectivity index (χ2v) is 5.34. The molecule has 2 unspecified atom stereocenters. The van der Waals surface area contributed by atoms with Crippen LogP contribution >= 0.6 is 0 Å². The maximum atomic E-state index is 6.62. The van der Waals surface area contributed by atoms with Crippen LogP contribution < -0.4 is 11.1 Å². The molecular formula is C16H22N2. The Labute approximate surface area is 110 Å². The zero-order chi connectivity index (χ0) is 13.2. The molecule has 2 rings (SSSR count). The lowest BCUT2D eigenvalue weighted by molar-refractivity contribution is 0.386. The molecule has 1 aliphatic carbocycles. The van der Waals surface area contributed by atoms with Gasteiger partial charge in [0.05, 0.1) is 11.6 Å². The highest BCUT2D eigenvalue weighted by molar-refractivity contribution is 5.39. The van der Waals surface area contributed by atoms with E-state index in [2.05, 4.69) is 68.6 Å². The van der Waals surface area contributed by atoms with E-state index in [4.69, 9.17) is 5.73 Å². The van der Waals surface area contributed by atoms with Crippen molar-refractivity contribution in [3.8, 4) is 0 Å². The maximum absolute atomic E-state index is 6.62. The first kappa shape index (κ1) is 13.1. The van der Waals surface area contributed by atoms with E-state index in [-0.39, 0.29) is 6.04 Å². The van der Waals surface area contributed by atoms with E-state index in [0.717, 1.165) is 5.56 Å². The molecule has 0 bridgehead atoms. The van der Waals surface area contributed by atoms with E-state index < -0.39 is 5.54 Å². The van der Waals surface area contributed by atoms with Crippen LogP contribution in [-0.4, -0.2) is 12.1 Å². The van der Waals surface area contributed by atoms with Gasteiger partial charge < -0.3 is 11.1 Å². The quantitative estimate of drug-likeness (QED) is 0.855. The zero-order valence-corrected chi connectivity index (χ0v) is 11.4. The summed E-state index contributed by atoms with van der Waals surface area (Å²) in [6.07, 6.45) is 8.30. The molecule has 18 heavy (non-hydrogen) atoms. The Bertz CT molecular complexity index is 456. The van der Waals surface area contributed by atoms with Crippen molar-refractivity contribution in [2.24, 2.45) is 5.73 Å². The minimum absolute atomic E-state index is 0.130. The number of rotatable bonds is 3. The molecule has 0 radical (unpaired) electrons. The molecule has 0 spiro atoms. The Hall–Kier alpha value is -1.38. The van der Waals surface area contributed by atoms with E-state index >= 15 is 0 Å². The van der Waals surface area contributed by atoms with Crippen LogP contribution in [0.1, 0.15) is 25.0 Å². The van der Waals surface area contributed by atoms with E-state index in [9.17, 15) is 0 Å². The summed E-state index contributed by atoms with van der Waals surface area (Å²) < 4.78 is 0. The summed E-state index contributed by atoms with van der Waals surface area (Å²) in [6.45, 7) is 6.37. The first-order valence-corrected chi connectivity index (χ1v) is 6.50. The molecule has 2 nitrogen and oxygen atoms in total. The summed E-state index contributed by atoms with van der Waals surface area (Å²) in [5.41, 5.74) is 8.56. The number of hydrogen-bond acceptors (Lipinski definition) is 2. The number of hydrogen-bond donors (Lipinski definition) is 2. The lowest BCUT2D eigenvalue weighted by atomic mass is 9.80. The van der Waals surface area contributed by atoms with Crippen LogP contribution in [0.2, 0.25) is 0 Å². The summed E-state index contributed by atoms with van der Waals surface area (Å²) in [7, 11) is 0. The smallest absolute Gasteiger partial charge is 0.0790 e. The number of benzene rings is 1. The zero-order valence-electron chi connectivity index (χ0n) is 11.4. The van der Waals surface area contributed by atoms with Gasteiger partial charge in [0.1, 0.15) is 0 Å². The van der Waals surface area contributed by atoms with Crippen LogP contribution in [0.3, 0.4) is 0 Å². The molecule has 2 heteroatoms. The van der Waals surface area contributed by atoms with Crippen LogP contribution in [0.25, 0.3) is 0 Å². The summed E-state index contributed by atoms with van der Waals surface area (Å²) in [5, 5.41) is 3.52. The molecule has 0 saturated carbocycles. The standard InChI is InChI=1S/C16H22N2/c1-12(2)18-15-6-4-5-11-16(15,17)14-9-7-13(3)8-10-14/h4-12,15,18H,17H2,1-3H3. The van der Waals surface area contributed by atoms with Crippen LogP contribution in [0.15, 0.2) is 48.6 Å². The maximum Gasteiger partial charge on any atom is 0.0790 e. The molecule has 0 fully saturated rings. The molecule has 1 aliphatic rings. The summed E-state index contributed by atoms with van der Waals surface area (Å²) in [6, 6.07) is 9.00. The fourth-order valence-corrected chi connectivity index (χ4v) is 2.32. The van der Waals surface area contributed by atoms with Crippen molar-refractivity contribution >= 4 is 0 Å². The van der Waals surface area contributed by atoms with Crippen molar-refractivity contribution in [3.63, 3.8) is 0 Å². The van der Waals surface area contributed by atoms with Gasteiger partial charge in [0.15, 0.2) is 0 Å². The molecule has 1 aromatic carbocycles. The molecule has 0 aliphatic heterocycles. The molecule has 0 amide bonds. The van der Waals surface area contributed by atoms with Gasteiger partial charge in [0.25, 0.3) is 0 Å². The van der Waals surface area contributed by atoms with Crippen molar-refractivity contribution in [1.29, 1.82) is 0 Å². The molecular weight excluding hydrogens is 220 g/mol. The first-order chi connectivity index (χ1) is 8.52. The van der Waals surface area contributed by atoms with Crippen LogP contribution in [0, 0.1) is 6.92 Å². The third kappa shape index (κ3) is 2.55. The highest BCUT2D eigenvalue weighted by Gasteiger charge is 2.34. The molecule has 0 heterocycles. The topological polar surface area (TPSA) is 38.0 Å². The van der Waals surface area contributed by atoms with Gasteiger partial charge in [0.2, 0.25) is 0 Å². The lowest BCUT2D eigenvalue weighted by Crippen LogP contribution is -2.55. The highest BCUT2D eigenvalue weighted by atomic mass is 15.0. The van der Waals surface area contributed by atoms with Crippen molar-refractivity contribution in [1.82, 2.24) is 5.32 Å². The summed E-state index contributed by atoms with van der Waals surface area (Å²) >= 11 is 0. The predicted octanol–water partition coefficient (Wildman–Crippen LogP) is 2.64. The second kappa shape index (κ2) is 5.09. The van der Waals surface area contributed by atoms with Gasteiger partial charge in [-0.2, -0.15) is 0 Å². The fourth-order valence-electron chi connectivity index (χ4n) is 2.32. The van der Waals surface area contributed by atoms with Gasteiger partial charge in [0, 0.05) is 6.04 Å². The minimum atomic E-state index is -0.466. The van der Waals surface area contributed by atoms with Gasteiger partial charge in [-0.1, -0.05) is 68.0 Å². The van der Waals surface area contributed by atoms with Crippen LogP contribution in [0.4, 0.5) is 0 Å². The minimum Gasteiger partial charge on any atom is -0.317 e. The largest absolute Gasteiger partial charge is 0.317 e. The van der Waals surface area contributed by atoms with Crippen molar-refractivity contribution in [2.45, 2.75) is 38.4 Å². The van der Waals surface area contributed by atoms with E-state index in [1.165, 1.54) is 5.56 Å². The molecule has 2 atom stereocenters. The van der Waals surface area contributed by atoms with E-state index in [1.807, 2.05) is 6.08 Å². The van der Waals surface area contributed by atoms with Crippen molar-refractivity contribution in [2.75, 3.05) is 0 Å². The molecule has 3 N–H and O–H groups in total. The number of aryl methyl sites for hydroxylation is 1. The van der Waals surface area contributed by atoms with Crippen LogP contribution in [-0.2, 0) is 5.54 Å². The Morgan fingerprint density at radius 3 is 2.44 bits per heavy atom. The van der Waals surface area contributed by atoms with Crippen LogP contribution in [0.5, 0.6) is 0 Å². The fraction of sp³-hybridized carbons (Fsp3) is 0.375. The summed E-state index contributed by atoms with van der Waals surface area (Å²) in [4.78, 5) is 0.